The fourth-order valence-corrected chi connectivity index (χ4v) is 4.51. The van der Waals surface area contributed by atoms with Gasteiger partial charge in [-0.15, -0.1) is 0 Å². The van der Waals surface area contributed by atoms with Gasteiger partial charge in [-0.1, -0.05) is 0 Å². The molecule has 4 rings (SSSR count). The van der Waals surface area contributed by atoms with Crippen LogP contribution in [0, 0.1) is 0 Å². The Morgan fingerprint density at radius 3 is 2.29 bits per heavy atom. The minimum absolute atomic E-state index is 0.00408. The fourth-order valence-electron chi connectivity index (χ4n) is 4.51. The molecule has 0 atom stereocenters. The zero-order valence-corrected chi connectivity index (χ0v) is 20.7. The summed E-state index contributed by atoms with van der Waals surface area (Å²) in [5, 5.41) is 2.92. The van der Waals surface area contributed by atoms with E-state index in [0.29, 0.717) is 24.6 Å². The van der Waals surface area contributed by atoms with Gasteiger partial charge in [0.15, 0.2) is 11.5 Å². The van der Waals surface area contributed by atoms with Gasteiger partial charge in [-0.05, 0) is 61.0 Å². The average molecular weight is 483 g/mol. The van der Waals surface area contributed by atoms with Crippen molar-refractivity contribution in [1.29, 1.82) is 0 Å². The Bertz CT molecular complexity index is 1040. The first-order valence-corrected chi connectivity index (χ1v) is 11.9. The maximum atomic E-state index is 12.9. The molecule has 188 valence electrons. The molecule has 2 aromatic rings. The summed E-state index contributed by atoms with van der Waals surface area (Å²) < 4.78 is 16.2. The summed E-state index contributed by atoms with van der Waals surface area (Å²) >= 11 is 0. The second kappa shape index (κ2) is 11.4. The third kappa shape index (κ3) is 6.23. The lowest BCUT2D eigenvalue weighted by atomic mass is 9.98. The van der Waals surface area contributed by atoms with E-state index in [-0.39, 0.29) is 24.9 Å². The summed E-state index contributed by atoms with van der Waals surface area (Å²) in [4.78, 5) is 31.3. The Morgan fingerprint density at radius 2 is 1.63 bits per heavy atom. The van der Waals surface area contributed by atoms with Gasteiger partial charge in [0.1, 0.15) is 0 Å². The van der Waals surface area contributed by atoms with Crippen molar-refractivity contribution in [2.75, 3.05) is 77.4 Å². The summed E-state index contributed by atoms with van der Waals surface area (Å²) in [6.45, 7) is 4.66. The largest absolute Gasteiger partial charge is 0.493 e. The number of morpholine rings is 1. The van der Waals surface area contributed by atoms with Crippen molar-refractivity contribution in [1.82, 2.24) is 9.80 Å². The number of nitrogens with zero attached hydrogens (tertiary/aromatic N) is 3. The van der Waals surface area contributed by atoms with Gasteiger partial charge in [-0.25, -0.2) is 0 Å². The van der Waals surface area contributed by atoms with E-state index < -0.39 is 0 Å². The lowest BCUT2D eigenvalue weighted by Gasteiger charge is -2.31. The Kier molecular flexibility index (Phi) is 8.09. The molecule has 0 bridgehead atoms. The van der Waals surface area contributed by atoms with E-state index in [9.17, 15) is 9.59 Å². The number of carbonyl (C=O) groups excluding carboxylic acids is 2. The van der Waals surface area contributed by atoms with Crippen LogP contribution in [0.4, 0.5) is 11.4 Å². The van der Waals surface area contributed by atoms with E-state index in [1.54, 1.807) is 26.2 Å². The van der Waals surface area contributed by atoms with Gasteiger partial charge >= 0.3 is 0 Å². The second-order valence-electron chi connectivity index (χ2n) is 8.91. The van der Waals surface area contributed by atoms with Crippen molar-refractivity contribution >= 4 is 23.2 Å². The van der Waals surface area contributed by atoms with Gasteiger partial charge in [0.2, 0.25) is 11.8 Å². The van der Waals surface area contributed by atoms with E-state index >= 15 is 0 Å². The summed E-state index contributed by atoms with van der Waals surface area (Å²) in [5.74, 6) is 1.20. The molecule has 35 heavy (non-hydrogen) atoms. The second-order valence-corrected chi connectivity index (χ2v) is 8.91. The first-order chi connectivity index (χ1) is 17.0. The summed E-state index contributed by atoms with van der Waals surface area (Å²) in [5.41, 5.74) is 4.08. The van der Waals surface area contributed by atoms with Gasteiger partial charge in [0.25, 0.3) is 0 Å². The molecule has 2 heterocycles. The Hall–Kier alpha value is -3.30. The van der Waals surface area contributed by atoms with E-state index in [0.717, 1.165) is 49.7 Å². The molecule has 2 amide bonds. The normalized spacial score (nSPS) is 15.5. The van der Waals surface area contributed by atoms with E-state index in [1.807, 2.05) is 41.3 Å². The predicted octanol–water partition coefficient (Wildman–Crippen LogP) is 2.00. The number of ether oxygens (including phenoxy) is 3. The molecule has 9 nitrogen and oxygen atoms in total. The zero-order valence-electron chi connectivity index (χ0n) is 20.7. The number of amides is 2. The standard InChI is InChI=1S/C26H34N4O5/c1-28(17-25(31)27-21-4-6-22(7-5-21)29-10-12-35-13-11-29)18-26(32)30-9-8-19-14-23(33-2)24(34-3)15-20(19)16-30/h4-7,14-15H,8-13,16-18H2,1-3H3,(H,27,31). The van der Waals surface area contributed by atoms with Gasteiger partial charge in [0, 0.05) is 37.6 Å². The molecule has 2 aliphatic heterocycles. The zero-order chi connectivity index (χ0) is 24.8. The molecular weight excluding hydrogens is 448 g/mol. The fraction of sp³-hybridized carbons (Fsp3) is 0.462. The van der Waals surface area contributed by atoms with Gasteiger partial charge in [0.05, 0.1) is 40.5 Å². The van der Waals surface area contributed by atoms with E-state index in [2.05, 4.69) is 10.2 Å². The Balaban J connectivity index is 1.26. The topological polar surface area (TPSA) is 83.6 Å². The van der Waals surface area contributed by atoms with Crippen LogP contribution in [0.5, 0.6) is 11.5 Å². The minimum Gasteiger partial charge on any atom is -0.493 e. The van der Waals surface area contributed by atoms with Crippen LogP contribution in [-0.4, -0.2) is 88.8 Å². The predicted molar refractivity (Wildman–Crippen MR) is 134 cm³/mol. The Labute approximate surface area is 206 Å². The highest BCUT2D eigenvalue weighted by molar-refractivity contribution is 5.92. The van der Waals surface area contributed by atoms with Crippen molar-refractivity contribution in [2.24, 2.45) is 0 Å². The van der Waals surface area contributed by atoms with Crippen molar-refractivity contribution in [2.45, 2.75) is 13.0 Å². The SMILES string of the molecule is COc1cc2c(cc1OC)CN(C(=O)CN(C)CC(=O)Nc1ccc(N3CCOCC3)cc1)CC2. The van der Waals surface area contributed by atoms with Crippen molar-refractivity contribution in [3.05, 3.63) is 47.5 Å². The molecule has 2 aliphatic rings. The van der Waals surface area contributed by atoms with E-state index in [4.69, 9.17) is 14.2 Å². The maximum Gasteiger partial charge on any atom is 0.238 e. The summed E-state index contributed by atoms with van der Waals surface area (Å²) in [6.07, 6.45) is 0.756. The molecule has 1 fully saturated rings. The molecule has 2 aromatic carbocycles. The number of hydrogen-bond acceptors (Lipinski definition) is 7. The first kappa shape index (κ1) is 24.8. The van der Waals surface area contributed by atoms with Gasteiger partial charge in [-0.3, -0.25) is 14.5 Å². The number of hydrogen-bond donors (Lipinski definition) is 1. The molecule has 9 heteroatoms. The summed E-state index contributed by atoms with van der Waals surface area (Å²) in [7, 11) is 5.01. The lowest BCUT2D eigenvalue weighted by molar-refractivity contribution is -0.133. The highest BCUT2D eigenvalue weighted by atomic mass is 16.5. The number of anilines is 2. The van der Waals surface area contributed by atoms with Crippen molar-refractivity contribution in [3.8, 4) is 11.5 Å². The number of benzene rings is 2. The highest BCUT2D eigenvalue weighted by Crippen LogP contribution is 2.33. The molecular formula is C26H34N4O5. The molecule has 0 spiro atoms. The van der Waals surface area contributed by atoms with Crippen LogP contribution in [0.25, 0.3) is 0 Å². The van der Waals surface area contributed by atoms with E-state index in [1.165, 1.54) is 5.56 Å². The van der Waals surface area contributed by atoms with Crippen LogP contribution in [0.1, 0.15) is 11.1 Å². The number of nitrogens with one attached hydrogen (secondary N) is 1. The van der Waals surface area contributed by atoms with Crippen LogP contribution in [0.15, 0.2) is 36.4 Å². The number of rotatable bonds is 8. The van der Waals surface area contributed by atoms with Crippen LogP contribution in [0.2, 0.25) is 0 Å². The molecule has 0 radical (unpaired) electrons. The number of carbonyl (C=O) groups is 2. The highest BCUT2D eigenvalue weighted by Gasteiger charge is 2.24. The van der Waals surface area contributed by atoms with Crippen LogP contribution in [0.3, 0.4) is 0 Å². The van der Waals surface area contributed by atoms with Gasteiger partial charge in [-0.2, -0.15) is 0 Å². The molecule has 0 unspecified atom stereocenters. The number of likely N-dealkylation sites (N-methyl/N-ethyl adjacent to an activating group) is 1. The van der Waals surface area contributed by atoms with Gasteiger partial charge < -0.3 is 29.3 Å². The number of methoxy groups -OCH3 is 2. The molecule has 1 saturated heterocycles. The monoisotopic (exact) mass is 482 g/mol. The van der Waals surface area contributed by atoms with Crippen molar-refractivity contribution < 1.29 is 23.8 Å². The average Bonchev–Trinajstić information content (AvgIpc) is 2.88. The van der Waals surface area contributed by atoms with Crippen LogP contribution < -0.4 is 19.7 Å². The molecule has 0 aliphatic carbocycles. The number of fused-ring (bicyclic) bond motifs is 1. The summed E-state index contributed by atoms with van der Waals surface area (Å²) in [6, 6.07) is 11.7. The first-order valence-electron chi connectivity index (χ1n) is 11.9. The van der Waals surface area contributed by atoms with Crippen LogP contribution >= 0.6 is 0 Å². The quantitative estimate of drug-likeness (QED) is 0.616. The third-order valence-corrected chi connectivity index (χ3v) is 6.42. The molecule has 0 aromatic heterocycles. The Morgan fingerprint density at radius 1 is 0.971 bits per heavy atom. The third-order valence-electron chi connectivity index (χ3n) is 6.42. The molecule has 1 N–H and O–H groups in total. The lowest BCUT2D eigenvalue weighted by Crippen LogP contribution is -2.43. The minimum atomic E-state index is -0.153. The van der Waals surface area contributed by atoms with Crippen molar-refractivity contribution in [3.63, 3.8) is 0 Å². The van der Waals surface area contributed by atoms with Crippen LogP contribution in [-0.2, 0) is 27.3 Å². The maximum absolute atomic E-state index is 12.9. The molecule has 0 saturated carbocycles. The smallest absolute Gasteiger partial charge is 0.238 e.